The zero-order valence-corrected chi connectivity index (χ0v) is 13.0. The van der Waals surface area contributed by atoms with Gasteiger partial charge >= 0.3 is 0 Å². The number of halogens is 1. The lowest BCUT2D eigenvalue weighted by Gasteiger charge is -2.15. The number of anilines is 1. The van der Waals surface area contributed by atoms with Crippen LogP contribution in [0.4, 0.5) is 10.1 Å². The average molecular weight is 317 g/mol. The van der Waals surface area contributed by atoms with E-state index in [1.807, 2.05) is 0 Å². The van der Waals surface area contributed by atoms with E-state index in [4.69, 9.17) is 9.47 Å². The van der Waals surface area contributed by atoms with E-state index in [-0.39, 0.29) is 28.3 Å². The van der Waals surface area contributed by atoms with Crippen LogP contribution in [0.15, 0.2) is 36.4 Å². The van der Waals surface area contributed by atoms with Crippen molar-refractivity contribution in [2.24, 2.45) is 0 Å². The molecule has 23 heavy (non-hydrogen) atoms. The van der Waals surface area contributed by atoms with Crippen LogP contribution in [0.5, 0.6) is 11.5 Å². The lowest BCUT2D eigenvalue weighted by molar-refractivity contribution is 0.101. The van der Waals surface area contributed by atoms with Gasteiger partial charge in [-0.2, -0.15) is 0 Å². The van der Waals surface area contributed by atoms with Gasteiger partial charge in [0, 0.05) is 5.56 Å². The van der Waals surface area contributed by atoms with Crippen LogP contribution in [-0.4, -0.2) is 25.9 Å². The molecule has 0 heterocycles. The number of rotatable bonds is 5. The molecule has 1 amide bonds. The van der Waals surface area contributed by atoms with Crippen molar-refractivity contribution >= 4 is 17.4 Å². The Labute approximate surface area is 133 Å². The zero-order valence-electron chi connectivity index (χ0n) is 13.0. The molecule has 2 rings (SSSR count). The number of hydrogen-bond acceptors (Lipinski definition) is 4. The molecule has 0 fully saturated rings. The molecule has 2 aromatic carbocycles. The van der Waals surface area contributed by atoms with E-state index in [9.17, 15) is 14.0 Å². The van der Waals surface area contributed by atoms with Gasteiger partial charge in [0.05, 0.1) is 25.5 Å². The van der Waals surface area contributed by atoms with Crippen LogP contribution in [0, 0.1) is 5.82 Å². The highest BCUT2D eigenvalue weighted by Crippen LogP contribution is 2.36. The topological polar surface area (TPSA) is 64.6 Å². The third kappa shape index (κ3) is 3.48. The summed E-state index contributed by atoms with van der Waals surface area (Å²) in [4.78, 5) is 24.2. The molecular formula is C17H16FNO4. The quantitative estimate of drug-likeness (QED) is 0.859. The van der Waals surface area contributed by atoms with Gasteiger partial charge in [-0.3, -0.25) is 9.59 Å². The molecule has 6 heteroatoms. The number of Topliss-reactive ketones (excluding diaryl/α,β-unsaturated/α-hetero) is 1. The largest absolute Gasteiger partial charge is 0.493 e. The second kappa shape index (κ2) is 6.91. The molecule has 0 saturated carbocycles. The fraction of sp³-hybridized carbons (Fsp3) is 0.176. The zero-order chi connectivity index (χ0) is 17.0. The average Bonchev–Trinajstić information content (AvgIpc) is 2.53. The Kier molecular flexibility index (Phi) is 4.95. The van der Waals surface area contributed by atoms with E-state index in [1.165, 1.54) is 45.4 Å². The molecule has 0 radical (unpaired) electrons. The Bertz CT molecular complexity index is 758. The van der Waals surface area contributed by atoms with Crippen LogP contribution in [-0.2, 0) is 0 Å². The maximum absolute atomic E-state index is 13.2. The summed E-state index contributed by atoms with van der Waals surface area (Å²) in [7, 11) is 2.86. The number of benzene rings is 2. The van der Waals surface area contributed by atoms with Crippen molar-refractivity contribution in [2.45, 2.75) is 6.92 Å². The van der Waals surface area contributed by atoms with Crippen molar-refractivity contribution in [2.75, 3.05) is 19.5 Å². The van der Waals surface area contributed by atoms with Gasteiger partial charge < -0.3 is 14.8 Å². The Hall–Kier alpha value is -2.89. The molecule has 0 aliphatic heterocycles. The molecular weight excluding hydrogens is 301 g/mol. The van der Waals surface area contributed by atoms with Crippen LogP contribution < -0.4 is 14.8 Å². The van der Waals surface area contributed by atoms with E-state index in [1.54, 1.807) is 6.07 Å². The normalized spacial score (nSPS) is 10.1. The fourth-order valence-corrected chi connectivity index (χ4v) is 2.20. The molecule has 0 bridgehead atoms. The highest BCUT2D eigenvalue weighted by Gasteiger charge is 2.20. The van der Waals surface area contributed by atoms with E-state index in [0.29, 0.717) is 5.75 Å². The van der Waals surface area contributed by atoms with Crippen molar-refractivity contribution in [1.82, 2.24) is 0 Å². The summed E-state index contributed by atoms with van der Waals surface area (Å²) in [6.45, 7) is 1.36. The van der Waals surface area contributed by atoms with Gasteiger partial charge in [0.2, 0.25) is 0 Å². The van der Waals surface area contributed by atoms with Crippen molar-refractivity contribution in [3.63, 3.8) is 0 Å². The molecule has 0 unspecified atom stereocenters. The number of nitrogens with one attached hydrogen (secondary N) is 1. The molecule has 2 aromatic rings. The summed E-state index contributed by atoms with van der Waals surface area (Å²) >= 11 is 0. The minimum Gasteiger partial charge on any atom is -0.493 e. The van der Waals surface area contributed by atoms with Gasteiger partial charge in [-0.25, -0.2) is 4.39 Å². The monoisotopic (exact) mass is 317 g/mol. The first-order valence-electron chi connectivity index (χ1n) is 6.80. The number of carbonyl (C=O) groups is 2. The van der Waals surface area contributed by atoms with E-state index in [2.05, 4.69) is 5.32 Å². The minimum absolute atomic E-state index is 0.147. The van der Waals surface area contributed by atoms with Gasteiger partial charge in [0.15, 0.2) is 17.3 Å². The minimum atomic E-state index is -0.529. The highest BCUT2D eigenvalue weighted by molar-refractivity contribution is 6.10. The van der Waals surface area contributed by atoms with E-state index >= 15 is 0 Å². The van der Waals surface area contributed by atoms with E-state index < -0.39 is 11.7 Å². The predicted molar refractivity (Wildman–Crippen MR) is 83.9 cm³/mol. The molecule has 1 N–H and O–H groups in total. The summed E-state index contributed by atoms with van der Waals surface area (Å²) < 4.78 is 23.6. The highest BCUT2D eigenvalue weighted by atomic mass is 19.1. The number of ether oxygens (including phenoxy) is 2. The summed E-state index contributed by atoms with van der Waals surface area (Å²) in [6.07, 6.45) is 0. The second-order valence-electron chi connectivity index (χ2n) is 4.74. The van der Waals surface area contributed by atoms with Crippen LogP contribution in [0.1, 0.15) is 27.6 Å². The molecule has 0 saturated heterocycles. The number of methoxy groups -OCH3 is 2. The fourth-order valence-electron chi connectivity index (χ4n) is 2.20. The predicted octanol–water partition coefficient (Wildman–Crippen LogP) is 3.30. The first-order chi connectivity index (χ1) is 11.0. The molecule has 5 nitrogen and oxygen atoms in total. The Morgan fingerprint density at radius 3 is 2.39 bits per heavy atom. The Morgan fingerprint density at radius 2 is 1.83 bits per heavy atom. The Balaban J connectivity index is 2.43. The Morgan fingerprint density at radius 1 is 1.09 bits per heavy atom. The van der Waals surface area contributed by atoms with Gasteiger partial charge in [-0.05, 0) is 37.3 Å². The molecule has 0 aliphatic rings. The molecule has 0 atom stereocenters. The number of amides is 1. The molecule has 0 aromatic heterocycles. The standard InChI is InChI=1S/C17H16FNO4/c1-10(20)15-13(7-8-14(22-2)16(15)23-3)19-17(21)11-5-4-6-12(18)9-11/h4-9H,1-3H3,(H,19,21). The van der Waals surface area contributed by atoms with Crippen molar-refractivity contribution in [3.8, 4) is 11.5 Å². The summed E-state index contributed by atoms with van der Waals surface area (Å²) in [5.41, 5.74) is 0.607. The van der Waals surface area contributed by atoms with Crippen LogP contribution in [0.3, 0.4) is 0 Å². The lowest BCUT2D eigenvalue weighted by Crippen LogP contribution is -2.15. The number of hydrogen-bond donors (Lipinski definition) is 1. The molecule has 120 valence electrons. The van der Waals surface area contributed by atoms with Gasteiger partial charge in [0.1, 0.15) is 5.82 Å². The van der Waals surface area contributed by atoms with Crippen molar-refractivity contribution in [3.05, 3.63) is 53.3 Å². The van der Waals surface area contributed by atoms with Crippen LogP contribution in [0.2, 0.25) is 0 Å². The first-order valence-corrected chi connectivity index (χ1v) is 6.80. The lowest BCUT2D eigenvalue weighted by atomic mass is 10.1. The van der Waals surface area contributed by atoms with Crippen LogP contribution >= 0.6 is 0 Å². The second-order valence-corrected chi connectivity index (χ2v) is 4.74. The summed E-state index contributed by atoms with van der Waals surface area (Å²) in [5, 5.41) is 2.60. The smallest absolute Gasteiger partial charge is 0.255 e. The maximum atomic E-state index is 13.2. The molecule has 0 spiro atoms. The van der Waals surface area contributed by atoms with Crippen molar-refractivity contribution < 1.29 is 23.5 Å². The SMILES string of the molecule is COc1ccc(NC(=O)c2cccc(F)c2)c(C(C)=O)c1OC. The summed E-state index contributed by atoms with van der Waals surface area (Å²) in [6, 6.07) is 8.39. The van der Waals surface area contributed by atoms with Crippen LogP contribution in [0.25, 0.3) is 0 Å². The van der Waals surface area contributed by atoms with Crippen molar-refractivity contribution in [1.29, 1.82) is 0 Å². The maximum Gasteiger partial charge on any atom is 0.255 e. The van der Waals surface area contributed by atoms with Gasteiger partial charge in [-0.15, -0.1) is 0 Å². The van der Waals surface area contributed by atoms with E-state index in [0.717, 1.165) is 6.07 Å². The third-order valence-corrected chi connectivity index (χ3v) is 3.23. The van der Waals surface area contributed by atoms with Gasteiger partial charge in [-0.1, -0.05) is 6.07 Å². The molecule has 0 aliphatic carbocycles. The third-order valence-electron chi connectivity index (χ3n) is 3.23. The first kappa shape index (κ1) is 16.5. The summed E-state index contributed by atoms with van der Waals surface area (Å²) in [5.74, 6) is -0.732. The van der Waals surface area contributed by atoms with Gasteiger partial charge in [0.25, 0.3) is 5.91 Å². The number of carbonyl (C=O) groups excluding carboxylic acids is 2. The number of ketones is 1.